The van der Waals surface area contributed by atoms with Gasteiger partial charge in [-0.3, -0.25) is 4.18 Å². The topological polar surface area (TPSA) is 89.5 Å². The molecule has 0 N–H and O–H groups in total. The highest BCUT2D eigenvalue weighted by Gasteiger charge is 2.12. The molecule has 0 aromatic heterocycles. The molecule has 164 valence electrons. The Labute approximate surface area is 177 Å². The first-order valence-electron chi connectivity index (χ1n) is 8.94. The highest BCUT2D eigenvalue weighted by molar-refractivity contribution is 7.85. The van der Waals surface area contributed by atoms with Crippen molar-refractivity contribution in [3.05, 3.63) is 41.5 Å². The van der Waals surface area contributed by atoms with Gasteiger partial charge in [0.15, 0.2) is 23.0 Å². The van der Waals surface area contributed by atoms with Crippen molar-refractivity contribution in [3.8, 4) is 28.7 Å². The van der Waals surface area contributed by atoms with Crippen molar-refractivity contribution in [3.63, 3.8) is 0 Å². The van der Waals surface area contributed by atoms with E-state index in [2.05, 4.69) is 4.18 Å². The maximum atomic E-state index is 11.0. The Morgan fingerprint density at radius 1 is 0.733 bits per heavy atom. The molecule has 0 bridgehead atoms. The van der Waals surface area contributed by atoms with Gasteiger partial charge in [0, 0.05) is 0 Å². The van der Waals surface area contributed by atoms with Gasteiger partial charge in [0.05, 0.1) is 34.7 Å². The van der Waals surface area contributed by atoms with E-state index in [0.29, 0.717) is 28.7 Å². The second-order valence-electron chi connectivity index (χ2n) is 6.08. The molecule has 0 atom stereocenters. The molecule has 0 amide bonds. The Morgan fingerprint density at radius 3 is 1.83 bits per heavy atom. The highest BCUT2D eigenvalue weighted by atomic mass is 32.2. The van der Waals surface area contributed by atoms with Gasteiger partial charge in [-0.1, -0.05) is 18.2 Å². The molecule has 0 heterocycles. The number of hydrogen-bond donors (Lipinski definition) is 0. The fourth-order valence-electron chi connectivity index (χ4n) is 2.64. The van der Waals surface area contributed by atoms with E-state index in [9.17, 15) is 8.42 Å². The zero-order chi connectivity index (χ0) is 22.1. The minimum atomic E-state index is -3.51. The van der Waals surface area contributed by atoms with Gasteiger partial charge in [-0.25, -0.2) is 0 Å². The van der Waals surface area contributed by atoms with Crippen LogP contribution in [0.1, 0.15) is 11.1 Å². The van der Waals surface area contributed by atoms with E-state index >= 15 is 0 Å². The van der Waals surface area contributed by atoms with Gasteiger partial charge in [0.25, 0.3) is 10.1 Å². The van der Waals surface area contributed by atoms with Gasteiger partial charge >= 0.3 is 0 Å². The molecule has 0 fully saturated rings. The van der Waals surface area contributed by atoms with Crippen LogP contribution < -0.4 is 23.7 Å². The number of ether oxygens (including phenoxy) is 5. The van der Waals surface area contributed by atoms with Crippen molar-refractivity contribution in [2.45, 2.75) is 0 Å². The standard InChI is InChI=1S/C21H26O8S/c1-24-17-9-8-15(12-18(17)28-10-11-29-30(5,22)23)6-7-16-13-19(25-2)21(27-4)20(14-16)26-3/h6-9,12-14H,10-11H2,1-5H3/b7-6-. The first kappa shape index (κ1) is 23.4. The molecule has 0 aliphatic rings. The third kappa shape index (κ3) is 6.57. The van der Waals surface area contributed by atoms with Crippen LogP contribution in [-0.4, -0.2) is 56.3 Å². The molecule has 0 radical (unpaired) electrons. The van der Waals surface area contributed by atoms with Crippen molar-refractivity contribution in [1.82, 2.24) is 0 Å². The van der Waals surface area contributed by atoms with E-state index in [0.717, 1.165) is 17.4 Å². The number of hydrogen-bond acceptors (Lipinski definition) is 8. The van der Waals surface area contributed by atoms with E-state index in [-0.39, 0.29) is 13.2 Å². The molecule has 0 saturated carbocycles. The largest absolute Gasteiger partial charge is 0.493 e. The molecule has 0 saturated heterocycles. The average molecular weight is 438 g/mol. The van der Waals surface area contributed by atoms with Crippen LogP contribution in [-0.2, 0) is 14.3 Å². The summed E-state index contributed by atoms with van der Waals surface area (Å²) in [5, 5.41) is 0. The first-order chi connectivity index (χ1) is 14.3. The van der Waals surface area contributed by atoms with Gasteiger partial charge in [-0.2, -0.15) is 8.42 Å². The summed E-state index contributed by atoms with van der Waals surface area (Å²) in [6.45, 7) is -0.0308. The average Bonchev–Trinajstić information content (AvgIpc) is 2.73. The molecule has 8 nitrogen and oxygen atoms in total. The summed E-state index contributed by atoms with van der Waals surface area (Å²) in [7, 11) is 2.69. The minimum Gasteiger partial charge on any atom is -0.493 e. The van der Waals surface area contributed by atoms with Gasteiger partial charge < -0.3 is 23.7 Å². The van der Waals surface area contributed by atoms with Crippen molar-refractivity contribution in [2.75, 3.05) is 47.9 Å². The SMILES string of the molecule is COc1ccc(/C=C\c2cc(OC)c(OC)c(OC)c2)cc1OCCOS(C)(=O)=O. The van der Waals surface area contributed by atoms with Crippen LogP contribution in [0.4, 0.5) is 0 Å². The Bertz CT molecular complexity index is 957. The van der Waals surface area contributed by atoms with Crippen LogP contribution in [0.5, 0.6) is 28.7 Å². The molecule has 0 aliphatic carbocycles. The van der Waals surface area contributed by atoms with Crippen LogP contribution >= 0.6 is 0 Å². The van der Waals surface area contributed by atoms with Crippen molar-refractivity contribution in [2.24, 2.45) is 0 Å². The van der Waals surface area contributed by atoms with Crippen LogP contribution in [0.25, 0.3) is 12.2 Å². The molecule has 2 rings (SSSR count). The third-order valence-corrected chi connectivity index (χ3v) is 4.58. The molecule has 2 aromatic carbocycles. The summed E-state index contributed by atoms with van der Waals surface area (Å²) in [5.74, 6) is 2.64. The van der Waals surface area contributed by atoms with E-state index in [1.165, 1.54) is 7.11 Å². The zero-order valence-electron chi connectivity index (χ0n) is 17.6. The summed E-state index contributed by atoms with van der Waals surface area (Å²) in [4.78, 5) is 0. The second kappa shape index (κ2) is 10.7. The maximum absolute atomic E-state index is 11.0. The molecule has 9 heteroatoms. The molecular formula is C21H26O8S. The molecule has 0 spiro atoms. The predicted molar refractivity (Wildman–Crippen MR) is 114 cm³/mol. The second-order valence-corrected chi connectivity index (χ2v) is 7.72. The van der Waals surface area contributed by atoms with Crippen LogP contribution in [0.3, 0.4) is 0 Å². The summed E-state index contributed by atoms with van der Waals surface area (Å²) in [6.07, 6.45) is 4.77. The molecule has 0 aliphatic heterocycles. The van der Waals surface area contributed by atoms with Gasteiger partial charge in [-0.15, -0.1) is 0 Å². The normalized spacial score (nSPS) is 11.4. The summed E-state index contributed by atoms with van der Waals surface area (Å²) >= 11 is 0. The van der Waals surface area contributed by atoms with E-state index < -0.39 is 10.1 Å². The number of methoxy groups -OCH3 is 4. The fourth-order valence-corrected chi connectivity index (χ4v) is 3.01. The Balaban J connectivity index is 2.21. The summed E-state index contributed by atoms with van der Waals surface area (Å²) in [5.41, 5.74) is 1.70. The quantitative estimate of drug-likeness (QED) is 0.300. The molecular weight excluding hydrogens is 412 g/mol. The molecule has 2 aromatic rings. The summed E-state index contributed by atoms with van der Waals surface area (Å²) < 4.78 is 53.7. The number of rotatable bonds is 11. The maximum Gasteiger partial charge on any atom is 0.264 e. The van der Waals surface area contributed by atoms with Crippen LogP contribution in [0.15, 0.2) is 30.3 Å². The smallest absolute Gasteiger partial charge is 0.264 e. The predicted octanol–water partition coefficient (Wildman–Crippen LogP) is 3.25. The first-order valence-corrected chi connectivity index (χ1v) is 10.8. The molecule has 0 unspecified atom stereocenters. The van der Waals surface area contributed by atoms with Crippen molar-refractivity contribution < 1.29 is 36.3 Å². The Hall–Kier alpha value is -2.91. The number of benzene rings is 2. The van der Waals surface area contributed by atoms with E-state index in [1.54, 1.807) is 33.5 Å². The monoisotopic (exact) mass is 438 g/mol. The fraction of sp³-hybridized carbons (Fsp3) is 0.333. The van der Waals surface area contributed by atoms with E-state index in [1.807, 2.05) is 30.4 Å². The van der Waals surface area contributed by atoms with Gasteiger partial charge in [-0.05, 0) is 35.4 Å². The summed E-state index contributed by atoms with van der Waals surface area (Å²) in [6, 6.07) is 9.09. The van der Waals surface area contributed by atoms with E-state index in [4.69, 9.17) is 23.7 Å². The highest BCUT2D eigenvalue weighted by Crippen LogP contribution is 2.38. The zero-order valence-corrected chi connectivity index (χ0v) is 18.4. The van der Waals surface area contributed by atoms with Gasteiger partial charge in [0.2, 0.25) is 5.75 Å². The Kier molecular flexibility index (Phi) is 8.37. The lowest BCUT2D eigenvalue weighted by atomic mass is 10.1. The lowest BCUT2D eigenvalue weighted by Gasteiger charge is -2.13. The minimum absolute atomic E-state index is 0.0590. The lowest BCUT2D eigenvalue weighted by Crippen LogP contribution is -2.11. The molecule has 30 heavy (non-hydrogen) atoms. The third-order valence-electron chi connectivity index (χ3n) is 3.98. The van der Waals surface area contributed by atoms with Gasteiger partial charge in [0.1, 0.15) is 13.2 Å². The Morgan fingerprint density at radius 2 is 1.30 bits per heavy atom. The van der Waals surface area contributed by atoms with Crippen molar-refractivity contribution >= 4 is 22.3 Å². The lowest BCUT2D eigenvalue weighted by molar-refractivity contribution is 0.216. The van der Waals surface area contributed by atoms with Crippen molar-refractivity contribution in [1.29, 1.82) is 0 Å². The van der Waals surface area contributed by atoms with Crippen LogP contribution in [0.2, 0.25) is 0 Å². The van der Waals surface area contributed by atoms with Crippen LogP contribution in [0, 0.1) is 0 Å².